The van der Waals surface area contributed by atoms with E-state index in [1.54, 1.807) is 0 Å². The first-order valence-electron chi connectivity index (χ1n) is 7.85. The molecule has 0 aliphatic heterocycles. The molecule has 0 aliphatic carbocycles. The van der Waals surface area contributed by atoms with Crippen LogP contribution in [0.25, 0.3) is 0 Å². The van der Waals surface area contributed by atoms with Crippen LogP contribution in [0, 0.1) is 0 Å². The molecule has 0 rings (SSSR count). The number of hydrogen-bond acceptors (Lipinski definition) is 6. The Morgan fingerprint density at radius 2 is 1.35 bits per heavy atom. The molecule has 0 aromatic carbocycles. The lowest BCUT2D eigenvalue weighted by atomic mass is 10.2. The van der Waals surface area contributed by atoms with Crippen LogP contribution in [0.2, 0.25) is 0 Å². The van der Waals surface area contributed by atoms with E-state index in [4.69, 9.17) is 0 Å². The van der Waals surface area contributed by atoms with Crippen molar-refractivity contribution in [2.45, 2.75) is 46.0 Å². The number of methoxy groups -OCH3 is 2. The molecule has 1 amide bonds. The Morgan fingerprint density at radius 1 is 0.870 bits per heavy atom. The van der Waals surface area contributed by atoms with Gasteiger partial charge in [0.15, 0.2) is 0 Å². The molecule has 132 valence electrons. The Morgan fingerprint density at radius 3 is 1.78 bits per heavy atom. The van der Waals surface area contributed by atoms with Crippen LogP contribution in [0.4, 0.5) is 0 Å². The third kappa shape index (κ3) is 11.5. The van der Waals surface area contributed by atoms with Gasteiger partial charge in [-0.2, -0.15) is 0 Å². The summed E-state index contributed by atoms with van der Waals surface area (Å²) in [4.78, 5) is 40.0. The van der Waals surface area contributed by atoms with Gasteiger partial charge in [0, 0.05) is 31.8 Å². The van der Waals surface area contributed by atoms with E-state index in [0.717, 1.165) is 12.1 Å². The molecule has 7 nitrogen and oxygen atoms in total. The average Bonchev–Trinajstić information content (AvgIpc) is 2.53. The third-order valence-corrected chi connectivity index (χ3v) is 3.29. The van der Waals surface area contributed by atoms with Gasteiger partial charge in [0.1, 0.15) is 0 Å². The molecular formula is C16H28N2O5. The summed E-state index contributed by atoms with van der Waals surface area (Å²) in [6, 6.07) is 0. The Hall–Kier alpha value is -1.76. The van der Waals surface area contributed by atoms with Gasteiger partial charge in [-0.1, -0.05) is 6.92 Å². The fraction of sp³-hybridized carbons (Fsp3) is 0.750. The predicted octanol–water partition coefficient (Wildman–Crippen LogP) is 1.59. The summed E-state index contributed by atoms with van der Waals surface area (Å²) >= 11 is 0. The molecular weight excluding hydrogens is 300 g/mol. The highest BCUT2D eigenvalue weighted by molar-refractivity contribution is 5.94. The first kappa shape index (κ1) is 21.2. The normalized spacial score (nSPS) is 11.4. The lowest BCUT2D eigenvalue weighted by molar-refractivity contribution is -0.141. The van der Waals surface area contributed by atoms with Crippen LogP contribution in [-0.2, 0) is 23.9 Å². The van der Waals surface area contributed by atoms with Gasteiger partial charge in [-0.05, 0) is 19.8 Å². The highest BCUT2D eigenvalue weighted by Gasteiger charge is 2.12. The highest BCUT2D eigenvalue weighted by atomic mass is 16.5. The molecule has 0 bridgehead atoms. The number of ether oxygens (including phenoxy) is 2. The molecule has 0 aromatic rings. The summed E-state index contributed by atoms with van der Waals surface area (Å²) in [6.07, 6.45) is 2.34. The van der Waals surface area contributed by atoms with Crippen molar-refractivity contribution >= 4 is 23.6 Å². The van der Waals surface area contributed by atoms with Crippen molar-refractivity contribution < 1.29 is 23.9 Å². The summed E-state index contributed by atoms with van der Waals surface area (Å²) in [7, 11) is 2.69. The Labute approximate surface area is 138 Å². The van der Waals surface area contributed by atoms with E-state index in [2.05, 4.69) is 14.5 Å². The topological polar surface area (TPSA) is 85.3 Å². The number of amides is 1. The van der Waals surface area contributed by atoms with Crippen LogP contribution in [0.3, 0.4) is 0 Å². The van der Waals surface area contributed by atoms with Gasteiger partial charge in [0.05, 0.1) is 27.1 Å². The fourth-order valence-electron chi connectivity index (χ4n) is 1.90. The molecule has 0 aromatic heterocycles. The molecule has 0 heterocycles. The Bertz CT molecular complexity index is 401. The van der Waals surface area contributed by atoms with E-state index in [0.29, 0.717) is 32.5 Å². The molecule has 0 spiro atoms. The number of esters is 2. The molecule has 0 aliphatic rings. The zero-order valence-corrected chi connectivity index (χ0v) is 14.6. The molecule has 0 unspecified atom stereocenters. The summed E-state index contributed by atoms with van der Waals surface area (Å²) in [5, 5.41) is 0. The van der Waals surface area contributed by atoms with Crippen LogP contribution in [0.5, 0.6) is 0 Å². The first-order valence-corrected chi connectivity index (χ1v) is 7.85. The van der Waals surface area contributed by atoms with E-state index in [1.165, 1.54) is 14.2 Å². The minimum absolute atomic E-state index is 0.110. The molecule has 23 heavy (non-hydrogen) atoms. The fourth-order valence-corrected chi connectivity index (χ4v) is 1.90. The molecule has 0 saturated heterocycles. The van der Waals surface area contributed by atoms with Crippen molar-refractivity contribution in [2.24, 2.45) is 4.99 Å². The lowest BCUT2D eigenvalue weighted by Gasteiger charge is -2.21. The number of nitrogens with zero attached hydrogens (tertiary/aromatic N) is 2. The summed E-state index contributed by atoms with van der Waals surface area (Å²) in [5.41, 5.74) is 0.754. The highest BCUT2D eigenvalue weighted by Crippen LogP contribution is 2.01. The molecule has 0 atom stereocenters. The SMILES string of the molecule is CCCC(=O)N=C(C)CCN(CCC(=O)OC)CCC(=O)OC. The van der Waals surface area contributed by atoms with Gasteiger partial charge in [-0.15, -0.1) is 0 Å². The van der Waals surface area contributed by atoms with E-state index in [1.807, 2.05) is 18.7 Å². The standard InChI is InChI=1S/C16H28N2O5/c1-5-6-14(19)17-13(2)7-10-18(11-8-15(20)22-3)12-9-16(21)23-4/h5-12H2,1-4H3. The smallest absolute Gasteiger partial charge is 0.306 e. The monoisotopic (exact) mass is 328 g/mol. The number of carbonyl (C=O) groups excluding carboxylic acids is 3. The van der Waals surface area contributed by atoms with Crippen molar-refractivity contribution in [3.63, 3.8) is 0 Å². The maximum atomic E-state index is 11.5. The van der Waals surface area contributed by atoms with Crippen molar-refractivity contribution in [3.05, 3.63) is 0 Å². The Balaban J connectivity index is 4.45. The minimum atomic E-state index is -0.295. The Kier molecular flexibility index (Phi) is 11.8. The van der Waals surface area contributed by atoms with Gasteiger partial charge >= 0.3 is 11.9 Å². The second kappa shape index (κ2) is 12.8. The van der Waals surface area contributed by atoms with E-state index < -0.39 is 0 Å². The van der Waals surface area contributed by atoms with Crippen LogP contribution in [0.15, 0.2) is 4.99 Å². The number of aliphatic imine (C=N–C) groups is 1. The quantitative estimate of drug-likeness (QED) is 0.423. The van der Waals surface area contributed by atoms with Crippen molar-refractivity contribution in [1.82, 2.24) is 4.90 Å². The zero-order chi connectivity index (χ0) is 17.7. The van der Waals surface area contributed by atoms with Gasteiger partial charge in [0.2, 0.25) is 5.91 Å². The van der Waals surface area contributed by atoms with Crippen molar-refractivity contribution in [2.75, 3.05) is 33.9 Å². The first-order chi connectivity index (χ1) is 10.9. The van der Waals surface area contributed by atoms with Crippen LogP contribution in [0.1, 0.15) is 46.0 Å². The maximum Gasteiger partial charge on any atom is 0.306 e. The zero-order valence-electron chi connectivity index (χ0n) is 14.6. The van der Waals surface area contributed by atoms with Gasteiger partial charge in [-0.25, -0.2) is 4.99 Å². The number of carbonyl (C=O) groups is 3. The lowest BCUT2D eigenvalue weighted by Crippen LogP contribution is -2.31. The largest absolute Gasteiger partial charge is 0.469 e. The van der Waals surface area contributed by atoms with Gasteiger partial charge in [-0.3, -0.25) is 14.4 Å². The molecule has 0 saturated carbocycles. The van der Waals surface area contributed by atoms with E-state index in [-0.39, 0.29) is 30.7 Å². The second-order valence-corrected chi connectivity index (χ2v) is 5.23. The predicted molar refractivity (Wildman–Crippen MR) is 87.3 cm³/mol. The molecule has 7 heteroatoms. The van der Waals surface area contributed by atoms with Crippen molar-refractivity contribution in [1.29, 1.82) is 0 Å². The maximum absolute atomic E-state index is 11.5. The molecule has 0 fully saturated rings. The number of hydrogen-bond donors (Lipinski definition) is 0. The summed E-state index contributed by atoms with van der Waals surface area (Å²) < 4.78 is 9.25. The third-order valence-electron chi connectivity index (χ3n) is 3.29. The minimum Gasteiger partial charge on any atom is -0.469 e. The molecule has 0 radical (unpaired) electrons. The van der Waals surface area contributed by atoms with Crippen LogP contribution >= 0.6 is 0 Å². The van der Waals surface area contributed by atoms with Gasteiger partial charge < -0.3 is 14.4 Å². The van der Waals surface area contributed by atoms with Gasteiger partial charge in [0.25, 0.3) is 0 Å². The summed E-state index contributed by atoms with van der Waals surface area (Å²) in [6.45, 7) is 5.33. The molecule has 0 N–H and O–H groups in total. The van der Waals surface area contributed by atoms with E-state index in [9.17, 15) is 14.4 Å². The number of rotatable bonds is 11. The second-order valence-electron chi connectivity index (χ2n) is 5.23. The van der Waals surface area contributed by atoms with Crippen molar-refractivity contribution in [3.8, 4) is 0 Å². The summed E-state index contributed by atoms with van der Waals surface area (Å²) in [5.74, 6) is -0.700. The van der Waals surface area contributed by atoms with E-state index >= 15 is 0 Å². The average molecular weight is 328 g/mol. The van der Waals surface area contributed by atoms with Crippen LogP contribution < -0.4 is 0 Å². The van der Waals surface area contributed by atoms with Crippen LogP contribution in [-0.4, -0.2) is 62.3 Å².